The van der Waals surface area contributed by atoms with Crippen LogP contribution in [0.4, 0.5) is 17.6 Å². The molecular weight excluding hydrogens is 1660 g/mol. The number of hydrogen-bond donors (Lipinski definition) is 12. The molecule has 20 rings (SSSR count). The Kier molecular flexibility index (Phi) is 23.9. The lowest BCUT2D eigenvalue weighted by molar-refractivity contribution is -0.137. The van der Waals surface area contributed by atoms with Gasteiger partial charge in [-0.25, -0.2) is 24.3 Å². The van der Waals surface area contributed by atoms with Crippen molar-refractivity contribution < 1.29 is 77.4 Å². The summed E-state index contributed by atoms with van der Waals surface area (Å²) in [4.78, 5) is 17.9. The second-order valence-corrected chi connectivity index (χ2v) is 34.3. The Morgan fingerprint density at radius 2 is 0.733 bits per heavy atom. The number of benzene rings is 4. The van der Waals surface area contributed by atoms with Crippen LogP contribution in [-0.4, -0.2) is 178 Å². The zero-order valence-corrected chi connectivity index (χ0v) is 69.4. The number of hydrogen-bond acceptors (Lipinski definition) is 20. The minimum absolute atomic E-state index is 0.102. The number of halogens is 7. The molecule has 4 aliphatic heterocycles. The second-order valence-electron chi connectivity index (χ2n) is 32.6. The first kappa shape index (κ1) is 83.4. The number of ether oxygens (including phenoxy) is 4. The van der Waals surface area contributed by atoms with Crippen molar-refractivity contribution in [2.45, 2.75) is 209 Å². The molecule has 0 amide bonds. The highest BCUT2D eigenvalue weighted by atomic mass is 79.9. The fourth-order valence-electron chi connectivity index (χ4n) is 18.7. The molecule has 12 heterocycles. The van der Waals surface area contributed by atoms with Crippen LogP contribution < -0.4 is 40.2 Å². The maximum absolute atomic E-state index is 14.5. The predicted molar refractivity (Wildman–Crippen MR) is 448 cm³/mol. The van der Waals surface area contributed by atoms with Gasteiger partial charge in [-0.1, -0.05) is 23.2 Å². The van der Waals surface area contributed by atoms with Crippen LogP contribution in [0.5, 0.6) is 23.0 Å². The Hall–Kier alpha value is -8.86. The Balaban J connectivity index is 0.000000114. The average Bonchev–Trinajstić information content (AvgIpc) is 1.62. The molecule has 4 aliphatic carbocycles. The van der Waals surface area contributed by atoms with Gasteiger partial charge in [0.2, 0.25) is 0 Å². The number of aromatic nitrogens is 8. The smallest absolute Gasteiger partial charge is 0.416 e. The highest BCUT2D eigenvalue weighted by Crippen LogP contribution is 2.46. The maximum atomic E-state index is 14.5. The summed E-state index contributed by atoms with van der Waals surface area (Å²) in [6.45, 7) is 13.4. The topological polar surface area (TPSA) is 318 Å². The van der Waals surface area contributed by atoms with Crippen molar-refractivity contribution in [1.29, 1.82) is 0 Å². The van der Waals surface area contributed by atoms with Gasteiger partial charge in [0, 0.05) is 161 Å². The van der Waals surface area contributed by atoms with Gasteiger partial charge >= 0.3 is 6.18 Å². The van der Waals surface area contributed by atoms with E-state index in [4.69, 9.17) is 42.1 Å². The molecule has 632 valence electrons. The number of nitrogens with zero attached hydrogens (tertiary/aromatic N) is 8. The van der Waals surface area contributed by atoms with Gasteiger partial charge in [0.15, 0.2) is 0 Å². The van der Waals surface area contributed by atoms with E-state index in [1.54, 1.807) is 36.9 Å². The molecule has 0 saturated heterocycles. The first-order valence-corrected chi connectivity index (χ1v) is 42.3. The molecule has 24 nitrogen and oxygen atoms in total. The third-order valence-electron chi connectivity index (χ3n) is 25.3. The van der Waals surface area contributed by atoms with Crippen molar-refractivity contribution >= 4 is 83.3 Å². The summed E-state index contributed by atoms with van der Waals surface area (Å²) in [5.41, 5.74) is 13.8. The summed E-state index contributed by atoms with van der Waals surface area (Å²) in [7, 11) is 0. The fraction of sp³-hybridized carbons (Fsp3) is 0.416. The molecule has 4 saturated carbocycles. The minimum atomic E-state index is -4.50. The monoisotopic (exact) mass is 1750 g/mol. The number of aryl methyl sites for hydroxylation is 4. The van der Waals surface area contributed by atoms with Crippen molar-refractivity contribution in [3.63, 3.8) is 0 Å². The molecule has 4 fully saturated rings. The summed E-state index contributed by atoms with van der Waals surface area (Å²) in [5.74, 6) is 1.78. The number of rotatable bonds is 12. The molecule has 8 aromatic heterocycles. The molecule has 0 spiro atoms. The van der Waals surface area contributed by atoms with Crippen LogP contribution in [0.2, 0.25) is 10.0 Å². The standard InChI is InChI=1S/C23H24F3N3O3.C22H23BrFN3O3.2C22H24ClN3O3/c1-12-2-6-28-22-15(12)4-7-29(22)17-10-19(21(31)20(17)30)32-18-9-14(23(24,25)26)8-13-3-5-27-11-16(13)18;1-11-2-6-26-22-12(11)4-7-27(22)16-9-18(21(29)20(16)28)30-17-8-15(23)19(24)14-10-25-5-3-13(14)17;1-12-2-6-25-22-15(12)4-7-26(22)17-10-19(21(28)20(17)27)29-18-9-14(23)8-13-3-5-24-11-16(13)18;1-12-4-8-25-22-13(12)6-9-26(22)17-10-19(21(28)20(17)27)29-18-3-2-16(23)14-5-7-24-11-15(14)18/h2,4,6-9,17,19-21,27,30-31H,3,5,10-11H2,1H3;2,4,6-8,16,18,20-21,25,28-29H,3,5,9-10H2,1H3;2,4,6-9,17,19-21,24,27-28H,3,5,10-11H2,1H3;2-4,6,8-9,17,19-21,24,27-28H,5,7,10-11H2,1H3/t17-,19+,20+,21-;16-,18+,20+,21-;2*17-,19+,20+,21-/m1111/s1. The molecule has 8 aliphatic rings. The van der Waals surface area contributed by atoms with Crippen molar-refractivity contribution in [2.24, 2.45) is 0 Å². The van der Waals surface area contributed by atoms with Gasteiger partial charge < -0.3 is 99.3 Å². The molecule has 4 aromatic carbocycles. The molecule has 0 unspecified atom stereocenters. The summed E-state index contributed by atoms with van der Waals surface area (Å²) in [6, 6.07) is 25.5. The summed E-state index contributed by atoms with van der Waals surface area (Å²) in [5, 5.41) is 104. The van der Waals surface area contributed by atoms with Gasteiger partial charge in [-0.3, -0.25) is 0 Å². The van der Waals surface area contributed by atoms with Crippen molar-refractivity contribution in [3.8, 4) is 23.0 Å². The molecule has 31 heteroatoms. The van der Waals surface area contributed by atoms with E-state index in [-0.39, 0.29) is 36.1 Å². The van der Waals surface area contributed by atoms with Crippen LogP contribution in [0.3, 0.4) is 0 Å². The van der Waals surface area contributed by atoms with Crippen LogP contribution >= 0.6 is 39.1 Å². The van der Waals surface area contributed by atoms with E-state index in [1.807, 2.05) is 137 Å². The normalized spacial score (nSPS) is 26.3. The number of alkyl halides is 3. The van der Waals surface area contributed by atoms with E-state index in [9.17, 15) is 58.4 Å². The number of aliphatic hydroxyl groups excluding tert-OH is 8. The van der Waals surface area contributed by atoms with E-state index in [2.05, 4.69) is 57.1 Å². The van der Waals surface area contributed by atoms with E-state index >= 15 is 0 Å². The van der Waals surface area contributed by atoms with Gasteiger partial charge in [-0.2, -0.15) is 13.2 Å². The van der Waals surface area contributed by atoms with Gasteiger partial charge in [0.1, 0.15) is 125 Å². The molecular formula is C89H95BrCl2F4N12O12. The van der Waals surface area contributed by atoms with Crippen LogP contribution in [0.25, 0.3) is 44.1 Å². The fourth-order valence-corrected chi connectivity index (χ4v) is 19.7. The lowest BCUT2D eigenvalue weighted by Gasteiger charge is -2.25. The minimum Gasteiger partial charge on any atom is -0.487 e. The third-order valence-corrected chi connectivity index (χ3v) is 26.5. The lowest BCUT2D eigenvalue weighted by atomic mass is 9.97. The SMILES string of the molecule is Cc1ccnc2c1ccn2[C@@H]1C[C@H](Oc2cc(Br)c(F)c3c2CCNC3)[C@@H](O)[C@H]1O.Cc1ccnc2c1ccn2[C@@H]1C[C@H](Oc2cc(C(F)(F)F)cc3c2CNCC3)[C@@H](O)[C@H]1O.Cc1ccnc2c1ccn2[C@@H]1C[C@H](Oc2cc(Cl)cc3c2CNCC3)[C@@H](O)[C@H]1O.Cc1ccnc2c1ccn2[C@@H]1C[C@H](Oc2ccc(Cl)c3c2CNCC3)[C@@H](O)[C@H]1O. The first-order valence-electron chi connectivity index (χ1n) is 40.7. The van der Waals surface area contributed by atoms with Gasteiger partial charge in [-0.15, -0.1) is 0 Å². The Morgan fingerprint density at radius 3 is 1.13 bits per heavy atom. The molecule has 0 radical (unpaired) electrons. The van der Waals surface area contributed by atoms with E-state index in [0.717, 1.165) is 132 Å². The average molecular weight is 1750 g/mol. The van der Waals surface area contributed by atoms with Crippen LogP contribution in [0.15, 0.2) is 145 Å². The lowest BCUT2D eigenvalue weighted by Crippen LogP contribution is -2.35. The van der Waals surface area contributed by atoms with Crippen LogP contribution in [0, 0.1) is 33.5 Å². The number of pyridine rings is 4. The summed E-state index contributed by atoms with van der Waals surface area (Å²) >= 11 is 15.9. The Labute approximate surface area is 707 Å². The Morgan fingerprint density at radius 1 is 0.392 bits per heavy atom. The van der Waals surface area contributed by atoms with Gasteiger partial charge in [0.25, 0.3) is 0 Å². The van der Waals surface area contributed by atoms with Crippen molar-refractivity contribution in [3.05, 3.63) is 233 Å². The van der Waals surface area contributed by atoms with Gasteiger partial charge in [-0.05, 0) is 225 Å². The second kappa shape index (κ2) is 34.5. The van der Waals surface area contributed by atoms with Gasteiger partial charge in [0.05, 0.1) is 34.2 Å². The summed E-state index contributed by atoms with van der Waals surface area (Å²) in [6.07, 6.45) is 3.75. The van der Waals surface area contributed by atoms with Crippen LogP contribution in [0.1, 0.15) is 122 Å². The predicted octanol–water partition coefficient (Wildman–Crippen LogP) is 11.6. The van der Waals surface area contributed by atoms with E-state index in [1.165, 1.54) is 11.6 Å². The van der Waals surface area contributed by atoms with Crippen LogP contribution in [-0.2, 0) is 58.0 Å². The maximum Gasteiger partial charge on any atom is 0.416 e. The zero-order chi connectivity index (χ0) is 83.9. The molecule has 16 atom stereocenters. The zero-order valence-electron chi connectivity index (χ0n) is 66.3. The molecule has 12 N–H and O–H groups in total. The number of fused-ring (bicyclic) bond motifs is 8. The number of nitrogens with one attached hydrogen (secondary N) is 4. The quantitative estimate of drug-likeness (QED) is 0.0506. The van der Waals surface area contributed by atoms with Crippen molar-refractivity contribution in [2.75, 3.05) is 26.2 Å². The first-order chi connectivity index (χ1) is 57.8. The highest BCUT2D eigenvalue weighted by Gasteiger charge is 2.49. The molecule has 0 bridgehead atoms. The largest absolute Gasteiger partial charge is 0.487 e. The van der Waals surface area contributed by atoms with E-state index < -0.39 is 91.0 Å². The molecule has 12 aromatic rings. The third kappa shape index (κ3) is 16.0. The van der Waals surface area contributed by atoms with Crippen molar-refractivity contribution in [1.82, 2.24) is 59.5 Å². The highest BCUT2D eigenvalue weighted by molar-refractivity contribution is 9.10. The molecule has 120 heavy (non-hydrogen) atoms. The summed E-state index contributed by atoms with van der Waals surface area (Å²) < 4.78 is 87.4. The van der Waals surface area contributed by atoms with E-state index in [0.29, 0.717) is 108 Å². The Bertz CT molecular complexity index is 5810. The number of aliphatic hydroxyl groups is 8.